The number of para-hydroxylation sites is 1. The number of anilines is 1. The van der Waals surface area contributed by atoms with Gasteiger partial charge in [-0.15, -0.1) is 0 Å². The Hall–Kier alpha value is -2.56. The van der Waals surface area contributed by atoms with Crippen LogP contribution in [0.15, 0.2) is 42.7 Å². The van der Waals surface area contributed by atoms with E-state index in [0.29, 0.717) is 18.1 Å². The van der Waals surface area contributed by atoms with E-state index >= 15 is 0 Å². The van der Waals surface area contributed by atoms with Crippen molar-refractivity contribution in [2.24, 2.45) is 0 Å². The van der Waals surface area contributed by atoms with E-state index in [2.05, 4.69) is 20.3 Å². The molecule has 0 unspecified atom stereocenters. The van der Waals surface area contributed by atoms with E-state index in [1.54, 1.807) is 6.20 Å². The molecule has 0 aliphatic rings. The highest BCUT2D eigenvalue weighted by Crippen LogP contribution is 2.23. The van der Waals surface area contributed by atoms with Crippen LogP contribution in [-0.4, -0.2) is 21.5 Å². The molecule has 0 aliphatic carbocycles. The number of aromatic nitrogens is 3. The second kappa shape index (κ2) is 5.21. The van der Waals surface area contributed by atoms with Gasteiger partial charge in [0.2, 0.25) is 5.95 Å². The van der Waals surface area contributed by atoms with Crippen molar-refractivity contribution in [3.63, 3.8) is 0 Å². The van der Waals surface area contributed by atoms with E-state index in [-0.39, 0.29) is 5.69 Å². The van der Waals surface area contributed by atoms with Crippen LogP contribution in [0, 0.1) is 5.82 Å². The molecule has 2 heterocycles. The van der Waals surface area contributed by atoms with E-state index in [1.165, 1.54) is 6.20 Å². The number of benzene rings is 1. The number of hydrogen-bond donors (Lipinski definition) is 1. The van der Waals surface area contributed by atoms with Crippen molar-refractivity contribution in [2.45, 2.75) is 6.92 Å². The zero-order valence-corrected chi connectivity index (χ0v) is 11.0. The number of pyridine rings is 1. The van der Waals surface area contributed by atoms with Crippen molar-refractivity contribution in [3.05, 3.63) is 48.5 Å². The van der Waals surface area contributed by atoms with Gasteiger partial charge in [-0.2, -0.15) is 0 Å². The Labute approximate surface area is 115 Å². The van der Waals surface area contributed by atoms with Gasteiger partial charge in [-0.3, -0.25) is 4.98 Å². The van der Waals surface area contributed by atoms with Crippen molar-refractivity contribution in [1.29, 1.82) is 0 Å². The number of nitrogens with one attached hydrogen (secondary N) is 1. The molecule has 0 saturated heterocycles. The highest BCUT2D eigenvalue weighted by molar-refractivity contribution is 5.82. The fourth-order valence-corrected chi connectivity index (χ4v) is 2.01. The Balaban J connectivity index is 2.12. The number of nitrogens with zero attached hydrogens (tertiary/aromatic N) is 3. The highest BCUT2D eigenvalue weighted by Gasteiger charge is 2.10. The minimum Gasteiger partial charge on any atom is -0.354 e. The summed E-state index contributed by atoms with van der Waals surface area (Å²) in [5, 5.41) is 3.92. The molecule has 0 aliphatic heterocycles. The van der Waals surface area contributed by atoms with Crippen LogP contribution in [0.4, 0.5) is 10.3 Å². The van der Waals surface area contributed by atoms with Crippen LogP contribution in [0.5, 0.6) is 0 Å². The topological polar surface area (TPSA) is 50.7 Å². The van der Waals surface area contributed by atoms with Crippen molar-refractivity contribution in [3.8, 4) is 11.3 Å². The minimum atomic E-state index is -0.455. The van der Waals surface area contributed by atoms with Crippen molar-refractivity contribution < 1.29 is 4.39 Å². The lowest BCUT2D eigenvalue weighted by molar-refractivity contribution is 0.618. The molecule has 0 bridgehead atoms. The molecule has 0 atom stereocenters. The van der Waals surface area contributed by atoms with Gasteiger partial charge in [0.05, 0.1) is 11.7 Å². The quantitative estimate of drug-likeness (QED) is 0.792. The molecule has 20 heavy (non-hydrogen) atoms. The third-order valence-electron chi connectivity index (χ3n) is 2.94. The Morgan fingerprint density at radius 1 is 1.15 bits per heavy atom. The summed E-state index contributed by atoms with van der Waals surface area (Å²) in [4.78, 5) is 12.4. The van der Waals surface area contributed by atoms with Gasteiger partial charge in [0.1, 0.15) is 5.69 Å². The number of halogens is 1. The molecule has 4 nitrogen and oxygen atoms in total. The minimum absolute atomic E-state index is 0.259. The van der Waals surface area contributed by atoms with Gasteiger partial charge in [0.25, 0.3) is 0 Å². The maximum atomic E-state index is 13.9. The van der Waals surface area contributed by atoms with E-state index in [4.69, 9.17) is 0 Å². The highest BCUT2D eigenvalue weighted by atomic mass is 19.1. The second-order valence-electron chi connectivity index (χ2n) is 4.34. The summed E-state index contributed by atoms with van der Waals surface area (Å²) in [6, 6.07) is 9.58. The lowest BCUT2D eigenvalue weighted by Gasteiger charge is -2.06. The monoisotopic (exact) mass is 268 g/mol. The average molecular weight is 268 g/mol. The van der Waals surface area contributed by atoms with Crippen molar-refractivity contribution in [1.82, 2.24) is 15.0 Å². The van der Waals surface area contributed by atoms with E-state index in [1.807, 2.05) is 37.3 Å². The average Bonchev–Trinajstić information content (AvgIpc) is 2.49. The van der Waals surface area contributed by atoms with Crippen LogP contribution in [-0.2, 0) is 0 Å². The van der Waals surface area contributed by atoms with E-state index in [9.17, 15) is 4.39 Å². The third-order valence-corrected chi connectivity index (χ3v) is 2.94. The molecular weight excluding hydrogens is 255 g/mol. The van der Waals surface area contributed by atoms with Gasteiger partial charge in [0, 0.05) is 23.7 Å². The fraction of sp³-hybridized carbons (Fsp3) is 0.133. The summed E-state index contributed by atoms with van der Waals surface area (Å²) < 4.78 is 13.9. The molecule has 0 amide bonds. The van der Waals surface area contributed by atoms with Crippen LogP contribution >= 0.6 is 0 Å². The maximum absolute atomic E-state index is 13.9. The number of hydrogen-bond acceptors (Lipinski definition) is 4. The van der Waals surface area contributed by atoms with Crippen LogP contribution in [0.1, 0.15) is 6.92 Å². The molecule has 1 aromatic carbocycles. The lowest BCUT2D eigenvalue weighted by atomic mass is 10.1. The predicted molar refractivity (Wildman–Crippen MR) is 76.9 cm³/mol. The Morgan fingerprint density at radius 3 is 2.85 bits per heavy atom. The standard InChI is InChI=1S/C15H13FN4/c1-2-17-15-19-9-12(16)14(20-15)11-7-10-5-3-4-6-13(10)18-8-11/h3-9H,2H2,1H3,(H,17,19,20). The van der Waals surface area contributed by atoms with Gasteiger partial charge in [-0.1, -0.05) is 18.2 Å². The van der Waals surface area contributed by atoms with Gasteiger partial charge in [-0.05, 0) is 19.1 Å². The molecule has 5 heteroatoms. The smallest absolute Gasteiger partial charge is 0.223 e. The summed E-state index contributed by atoms with van der Waals surface area (Å²) in [5.41, 5.74) is 1.77. The molecule has 0 saturated carbocycles. The summed E-state index contributed by atoms with van der Waals surface area (Å²) in [6.07, 6.45) is 2.80. The third kappa shape index (κ3) is 2.30. The first kappa shape index (κ1) is 12.5. The summed E-state index contributed by atoms with van der Waals surface area (Å²) in [6.45, 7) is 2.62. The first-order valence-corrected chi connectivity index (χ1v) is 6.39. The van der Waals surface area contributed by atoms with Crippen molar-refractivity contribution >= 4 is 16.9 Å². The number of rotatable bonds is 3. The van der Waals surface area contributed by atoms with Gasteiger partial charge in [-0.25, -0.2) is 14.4 Å². The summed E-state index contributed by atoms with van der Waals surface area (Å²) in [7, 11) is 0. The molecule has 0 radical (unpaired) electrons. The Kier molecular flexibility index (Phi) is 3.25. The molecule has 2 aromatic heterocycles. The fourth-order valence-electron chi connectivity index (χ4n) is 2.01. The maximum Gasteiger partial charge on any atom is 0.223 e. The van der Waals surface area contributed by atoms with Crippen LogP contribution in [0.25, 0.3) is 22.2 Å². The number of fused-ring (bicyclic) bond motifs is 1. The second-order valence-corrected chi connectivity index (χ2v) is 4.34. The van der Waals surface area contributed by atoms with Gasteiger partial charge in [0.15, 0.2) is 5.82 Å². The molecule has 1 N–H and O–H groups in total. The molecule has 3 aromatic rings. The molecular formula is C15H13FN4. The van der Waals surface area contributed by atoms with Crippen LogP contribution in [0.2, 0.25) is 0 Å². The summed E-state index contributed by atoms with van der Waals surface area (Å²) >= 11 is 0. The molecule has 0 fully saturated rings. The largest absolute Gasteiger partial charge is 0.354 e. The van der Waals surface area contributed by atoms with E-state index < -0.39 is 5.82 Å². The zero-order valence-electron chi connectivity index (χ0n) is 11.0. The Bertz CT molecular complexity index is 758. The first-order chi connectivity index (χ1) is 9.78. The zero-order chi connectivity index (χ0) is 13.9. The molecule has 0 spiro atoms. The molecule has 100 valence electrons. The molecule has 3 rings (SSSR count). The van der Waals surface area contributed by atoms with E-state index in [0.717, 1.165) is 10.9 Å². The van der Waals surface area contributed by atoms with Gasteiger partial charge >= 0.3 is 0 Å². The van der Waals surface area contributed by atoms with Gasteiger partial charge < -0.3 is 5.32 Å². The predicted octanol–water partition coefficient (Wildman–Crippen LogP) is 3.26. The first-order valence-electron chi connectivity index (χ1n) is 6.39. The SMILES string of the molecule is CCNc1ncc(F)c(-c2cnc3ccccc3c2)n1. The summed E-state index contributed by atoms with van der Waals surface area (Å²) in [5.74, 6) is -0.0409. The Morgan fingerprint density at radius 2 is 2.00 bits per heavy atom. The van der Waals surface area contributed by atoms with Crippen LogP contribution in [0.3, 0.4) is 0 Å². The normalized spacial score (nSPS) is 10.7. The lowest BCUT2D eigenvalue weighted by Crippen LogP contribution is -2.04. The van der Waals surface area contributed by atoms with Crippen LogP contribution < -0.4 is 5.32 Å². The van der Waals surface area contributed by atoms with Crippen molar-refractivity contribution in [2.75, 3.05) is 11.9 Å².